The highest BCUT2D eigenvalue weighted by molar-refractivity contribution is 6.22. The number of hydrogen-bond acceptors (Lipinski definition) is 6. The minimum absolute atomic E-state index is 0.0514. The fourth-order valence-electron chi connectivity index (χ4n) is 9.40. The number of hydrogen-bond donors (Lipinski definition) is 4. The number of carboxylic acids is 1. The number of rotatable bonds is 9. The Morgan fingerprint density at radius 1 is 0.902 bits per heavy atom. The van der Waals surface area contributed by atoms with Crippen LogP contribution in [0, 0.1) is 11.8 Å². The van der Waals surface area contributed by atoms with E-state index in [4.69, 9.17) is 5.73 Å². The number of primary amides is 1. The van der Waals surface area contributed by atoms with Gasteiger partial charge in [-0.25, -0.2) is 4.79 Å². The van der Waals surface area contributed by atoms with Crippen molar-refractivity contribution >= 4 is 40.7 Å². The summed E-state index contributed by atoms with van der Waals surface area (Å²) in [6.07, 6.45) is -0.886. The third-order valence-electron chi connectivity index (χ3n) is 12.1. The van der Waals surface area contributed by atoms with Gasteiger partial charge >= 0.3 is 5.97 Å². The van der Waals surface area contributed by atoms with Gasteiger partial charge in [-0.15, -0.1) is 0 Å². The molecule has 1 aliphatic carbocycles. The molecule has 12 nitrogen and oxygen atoms in total. The summed E-state index contributed by atoms with van der Waals surface area (Å²) in [6.45, 7) is 10.0. The first kappa shape index (κ1) is 33.0. The molecule has 2 bridgehead atoms. The number of nitrogens with one attached hydrogen (secondary N) is 1. The molecule has 3 aromatic rings. The van der Waals surface area contributed by atoms with Crippen molar-refractivity contribution in [2.75, 3.05) is 51.1 Å². The summed E-state index contributed by atoms with van der Waals surface area (Å²) in [4.78, 5) is 64.9. The van der Waals surface area contributed by atoms with Crippen molar-refractivity contribution in [1.82, 2.24) is 4.90 Å². The van der Waals surface area contributed by atoms with Gasteiger partial charge in [-0.05, 0) is 65.6 Å². The second-order valence-electron chi connectivity index (χ2n) is 15.1. The molecule has 0 saturated carbocycles. The predicted octanol–water partition coefficient (Wildman–Crippen LogP) is 2.45. The number of fused-ring (bicyclic) bond motifs is 7. The number of piperazine rings is 3. The van der Waals surface area contributed by atoms with Crippen LogP contribution >= 0.6 is 0 Å². The highest BCUT2D eigenvalue weighted by Crippen LogP contribution is 2.51. The van der Waals surface area contributed by atoms with Crippen molar-refractivity contribution in [2.24, 2.45) is 17.6 Å². The van der Waals surface area contributed by atoms with Crippen LogP contribution in [0.25, 0.3) is 16.7 Å². The Bertz CT molecular complexity index is 2080. The number of amides is 3. The van der Waals surface area contributed by atoms with E-state index in [1.165, 1.54) is 4.90 Å². The summed E-state index contributed by atoms with van der Waals surface area (Å²) < 4.78 is 1.63. The van der Waals surface area contributed by atoms with Gasteiger partial charge in [0.25, 0.3) is 5.91 Å². The largest absolute Gasteiger partial charge is 0.477 e. The molecule has 6 aliphatic rings. The number of β-lactam (4-membered cyclic amide) rings is 1. The van der Waals surface area contributed by atoms with E-state index in [2.05, 4.69) is 11.4 Å². The number of carbonyl (C=O) groups excluding carboxylic acids is 4. The number of ketones is 1. The Kier molecular flexibility index (Phi) is 7.56. The quantitative estimate of drug-likeness (QED) is 0.155. The van der Waals surface area contributed by atoms with Gasteiger partial charge in [0, 0.05) is 33.9 Å². The lowest BCUT2D eigenvalue weighted by atomic mass is 9.76. The van der Waals surface area contributed by atoms with Gasteiger partial charge < -0.3 is 35.1 Å². The number of carbonyl (C=O) groups is 5. The van der Waals surface area contributed by atoms with Crippen molar-refractivity contribution in [3.8, 4) is 11.1 Å². The summed E-state index contributed by atoms with van der Waals surface area (Å²) in [5, 5.41) is 23.3. The van der Waals surface area contributed by atoms with Crippen LogP contribution in [0.2, 0.25) is 0 Å². The van der Waals surface area contributed by atoms with E-state index in [0.29, 0.717) is 40.1 Å². The monoisotopic (exact) mass is 691 g/mol. The molecule has 4 saturated heterocycles. The van der Waals surface area contributed by atoms with Crippen LogP contribution in [0.5, 0.6) is 0 Å². The van der Waals surface area contributed by atoms with Crippen LogP contribution in [0.1, 0.15) is 51.3 Å². The smallest absolute Gasteiger partial charge is 0.352 e. The third kappa shape index (κ3) is 5.19. The fraction of sp³-hybridized carbons (Fsp3) is 0.359. The molecule has 5 heterocycles. The zero-order chi connectivity index (χ0) is 36.0. The first-order valence-corrected chi connectivity index (χ1v) is 17.5. The molecule has 0 unspecified atom stereocenters. The molecule has 51 heavy (non-hydrogen) atoms. The molecule has 262 valence electrons. The third-order valence-corrected chi connectivity index (χ3v) is 12.1. The topological polar surface area (TPSA) is 167 Å². The van der Waals surface area contributed by atoms with Gasteiger partial charge in [-0.1, -0.05) is 31.2 Å². The van der Waals surface area contributed by atoms with Crippen LogP contribution < -0.4 is 11.1 Å². The maximum absolute atomic E-state index is 13.7. The van der Waals surface area contributed by atoms with Crippen molar-refractivity contribution in [2.45, 2.75) is 32.5 Å². The number of aliphatic hydroxyl groups excluding tert-OH is 1. The number of anilines is 1. The predicted molar refractivity (Wildman–Crippen MR) is 187 cm³/mol. The number of nitrogens with two attached hydrogens (primary N) is 1. The standard InChI is InChI=1S/C39H39N5O7/c1-21-32(35(39(50)51)42-34(21)33(22(2)45)38(42)49)24-7-9-28-29(18-24)27-8-6-23(16-30(27)36(28)47)19-43-10-13-44(14-11-43,15-12-43)20-31(46)41-26-5-3-4-25(17-26)37(40)48/h3-9,16-18,21-22,33-34,45H,10-15,19-20H2,1-2H3,(H2-2,40,41,46,48,50,51)/p+2/t21-,22+,33+,34+,43?,44?/m0/s1. The molecular formula is C39H41N5O7+2. The van der Waals surface area contributed by atoms with Gasteiger partial charge in [0.2, 0.25) is 11.8 Å². The van der Waals surface area contributed by atoms with Gasteiger partial charge in [0.15, 0.2) is 12.3 Å². The van der Waals surface area contributed by atoms with Gasteiger partial charge in [-0.3, -0.25) is 19.2 Å². The second kappa shape index (κ2) is 11.7. The average molecular weight is 692 g/mol. The zero-order valence-electron chi connectivity index (χ0n) is 28.6. The zero-order valence-corrected chi connectivity index (χ0v) is 28.6. The van der Waals surface area contributed by atoms with Crippen molar-refractivity contribution in [3.63, 3.8) is 0 Å². The second-order valence-corrected chi connectivity index (χ2v) is 15.1. The van der Waals surface area contributed by atoms with Crippen LogP contribution in [0.3, 0.4) is 0 Å². The molecule has 0 aromatic heterocycles. The van der Waals surface area contributed by atoms with E-state index in [-0.39, 0.29) is 29.2 Å². The molecule has 5 N–H and O–H groups in total. The van der Waals surface area contributed by atoms with Crippen molar-refractivity contribution in [1.29, 1.82) is 0 Å². The molecule has 3 amide bonds. The van der Waals surface area contributed by atoms with E-state index in [0.717, 1.165) is 71.5 Å². The van der Waals surface area contributed by atoms with E-state index in [9.17, 15) is 34.2 Å². The molecule has 0 spiro atoms. The SMILES string of the molecule is C[C@@H](O)[C@H]1C(=O)N2C(C(=O)O)=C(c3ccc4c(c3)-c3ccc(C[N+]56CC[N+](CC(=O)Nc7cccc(C(N)=O)c7)(CC5)CC6)cc3C4=O)[C@H](C)[C@H]12. The Morgan fingerprint density at radius 3 is 2.25 bits per heavy atom. The maximum atomic E-state index is 13.7. The highest BCUT2D eigenvalue weighted by Gasteiger charge is 2.60. The first-order valence-electron chi connectivity index (χ1n) is 17.5. The van der Waals surface area contributed by atoms with Crippen LogP contribution in [0.15, 0.2) is 66.4 Å². The lowest BCUT2D eigenvalue weighted by Crippen LogP contribution is -2.75. The van der Waals surface area contributed by atoms with Crippen LogP contribution in [0.4, 0.5) is 5.69 Å². The number of aliphatic carboxylic acids is 1. The molecule has 9 rings (SSSR count). The van der Waals surface area contributed by atoms with Gasteiger partial charge in [0.05, 0.1) is 18.1 Å². The van der Waals surface area contributed by atoms with E-state index >= 15 is 0 Å². The average Bonchev–Trinajstić information content (AvgIpc) is 3.52. The van der Waals surface area contributed by atoms with E-state index in [1.807, 2.05) is 25.1 Å². The lowest BCUT2D eigenvalue weighted by Gasteiger charge is -2.55. The number of quaternary nitrogens is 2. The number of carboxylic acid groups (broad SMARTS) is 1. The molecule has 4 atom stereocenters. The van der Waals surface area contributed by atoms with E-state index < -0.39 is 29.9 Å². The summed E-state index contributed by atoms with van der Waals surface area (Å²) in [7, 11) is 0. The maximum Gasteiger partial charge on any atom is 0.352 e. The van der Waals surface area contributed by atoms with Crippen molar-refractivity contribution < 1.29 is 43.2 Å². The van der Waals surface area contributed by atoms with E-state index in [1.54, 1.807) is 43.3 Å². The minimum atomic E-state index is -1.19. The fourth-order valence-corrected chi connectivity index (χ4v) is 9.40. The van der Waals surface area contributed by atoms with Gasteiger partial charge in [0.1, 0.15) is 51.5 Å². The summed E-state index contributed by atoms with van der Waals surface area (Å²) in [5.74, 6) is -3.21. The first-order chi connectivity index (χ1) is 24.3. The summed E-state index contributed by atoms with van der Waals surface area (Å²) in [6, 6.07) is 17.7. The Morgan fingerprint density at radius 2 is 1.59 bits per heavy atom. The molecule has 3 aromatic carbocycles. The number of aliphatic hydroxyl groups is 1. The Balaban J connectivity index is 0.978. The Hall–Kier alpha value is -5.17. The molecule has 12 heteroatoms. The summed E-state index contributed by atoms with van der Waals surface area (Å²) in [5.41, 5.74) is 11.3. The molecular weight excluding hydrogens is 650 g/mol. The molecule has 0 radical (unpaired) electrons. The summed E-state index contributed by atoms with van der Waals surface area (Å²) >= 11 is 0. The highest BCUT2D eigenvalue weighted by atomic mass is 16.4. The van der Waals surface area contributed by atoms with Gasteiger partial charge in [-0.2, -0.15) is 0 Å². The van der Waals surface area contributed by atoms with Crippen molar-refractivity contribution in [3.05, 3.63) is 94.2 Å². The number of benzene rings is 3. The minimum Gasteiger partial charge on any atom is -0.477 e. The van der Waals surface area contributed by atoms with Crippen LogP contribution in [-0.4, -0.2) is 112 Å². The van der Waals surface area contributed by atoms with Crippen LogP contribution in [-0.2, 0) is 20.9 Å². The Labute approximate surface area is 294 Å². The molecule has 4 fully saturated rings. The normalized spacial score (nSPS) is 27.8. The molecule has 5 aliphatic heterocycles. The lowest BCUT2D eigenvalue weighted by molar-refractivity contribution is -1.08. The number of nitrogens with zero attached hydrogens (tertiary/aromatic N) is 3.